The number of Topliss-reactive ketones (excluding diaryl/α,β-unsaturated/α-hetero) is 1. The topological polar surface area (TPSA) is 148 Å². The number of aromatic nitrogens is 2. The number of benzene rings is 2. The van der Waals surface area contributed by atoms with Crippen molar-refractivity contribution in [2.24, 2.45) is 28.1 Å². The number of fused-ring (bicyclic) bond motifs is 1. The fourth-order valence-corrected chi connectivity index (χ4v) is 12.5. The SMILES string of the molecule is CC(C)C12CC(C3=C(CN4CCN(c5ccc(C(=O)CS(=O)(=O)c6ccc(CCC7CCOCC7)c([N+](=O)[O-])c6)c(Oc6cnc7[nH]ccc7c6)c5)CC4)CCC(C)(C)C3)(C1)C2. The number of ether oxygens (including phenoxy) is 2. The monoisotopic (exact) mass is 863 g/mol. The van der Waals surface area contributed by atoms with Gasteiger partial charge >= 0.3 is 0 Å². The minimum absolute atomic E-state index is 0.111. The summed E-state index contributed by atoms with van der Waals surface area (Å²) in [7, 11) is -4.26. The first kappa shape index (κ1) is 42.7. The quantitative estimate of drug-likeness (QED) is 0.0530. The summed E-state index contributed by atoms with van der Waals surface area (Å²) in [4.78, 5) is 37.9. The summed E-state index contributed by atoms with van der Waals surface area (Å²) >= 11 is 0. The molecule has 330 valence electrons. The van der Waals surface area contributed by atoms with E-state index >= 15 is 0 Å². The fraction of sp³-hybridized carbons (Fsp3) is 0.551. The number of piperazine rings is 1. The molecular formula is C49H61N5O7S. The van der Waals surface area contributed by atoms with E-state index < -0.39 is 26.3 Å². The van der Waals surface area contributed by atoms with Crippen molar-refractivity contribution in [2.45, 2.75) is 96.8 Å². The zero-order chi connectivity index (χ0) is 43.4. The minimum Gasteiger partial charge on any atom is -0.455 e. The predicted molar refractivity (Wildman–Crippen MR) is 241 cm³/mol. The highest BCUT2D eigenvalue weighted by molar-refractivity contribution is 7.92. The molecule has 2 aromatic carbocycles. The maximum atomic E-state index is 14.1. The second kappa shape index (κ2) is 16.5. The Morgan fingerprint density at radius 3 is 2.52 bits per heavy atom. The Hall–Kier alpha value is -4.59. The average molecular weight is 864 g/mol. The van der Waals surface area contributed by atoms with Crippen molar-refractivity contribution in [3.8, 4) is 11.5 Å². The Labute approximate surface area is 365 Å². The zero-order valence-electron chi connectivity index (χ0n) is 36.7. The number of nitro groups is 1. The van der Waals surface area contributed by atoms with E-state index in [0.717, 1.165) is 75.0 Å². The van der Waals surface area contributed by atoms with E-state index in [0.29, 0.717) is 58.8 Å². The number of sulfone groups is 1. The Kier molecular flexibility index (Phi) is 11.4. The van der Waals surface area contributed by atoms with E-state index in [-0.39, 0.29) is 21.9 Å². The Morgan fingerprint density at radius 1 is 1.03 bits per heavy atom. The molecule has 13 heteroatoms. The number of anilines is 1. The number of hydrogen-bond donors (Lipinski definition) is 1. The zero-order valence-corrected chi connectivity index (χ0v) is 37.5. The molecule has 5 fully saturated rings. The van der Waals surface area contributed by atoms with Crippen LogP contribution in [-0.2, 0) is 21.0 Å². The van der Waals surface area contributed by atoms with Gasteiger partial charge in [-0.1, -0.05) is 44.9 Å². The van der Waals surface area contributed by atoms with Crippen molar-refractivity contribution < 1.29 is 27.6 Å². The van der Waals surface area contributed by atoms with E-state index in [1.165, 1.54) is 50.7 Å². The molecule has 0 atom stereocenters. The molecule has 12 nitrogen and oxygen atoms in total. The van der Waals surface area contributed by atoms with Gasteiger partial charge in [0.05, 0.1) is 21.6 Å². The van der Waals surface area contributed by atoms with Gasteiger partial charge < -0.3 is 19.4 Å². The minimum atomic E-state index is -4.26. The van der Waals surface area contributed by atoms with Crippen molar-refractivity contribution in [3.05, 3.63) is 93.3 Å². The molecule has 4 aromatic rings. The molecule has 10 rings (SSSR count). The average Bonchev–Trinajstić information content (AvgIpc) is 3.68. The second-order valence-electron chi connectivity index (χ2n) is 20.2. The van der Waals surface area contributed by atoms with Crippen LogP contribution in [0.15, 0.2) is 77.0 Å². The van der Waals surface area contributed by atoms with Crippen molar-refractivity contribution in [1.82, 2.24) is 14.9 Å². The summed E-state index contributed by atoms with van der Waals surface area (Å²) < 4.78 is 39.5. The number of nitrogens with zero attached hydrogens (tertiary/aromatic N) is 4. The third-order valence-electron chi connectivity index (χ3n) is 15.2. The number of hydrogen-bond acceptors (Lipinski definition) is 10. The Bertz CT molecular complexity index is 2490. The van der Waals surface area contributed by atoms with Gasteiger partial charge in [-0.3, -0.25) is 19.8 Å². The number of H-pyrrole nitrogens is 1. The lowest BCUT2D eigenvalue weighted by atomic mass is 9.29. The molecule has 0 unspecified atom stereocenters. The summed E-state index contributed by atoms with van der Waals surface area (Å²) in [5, 5.41) is 13.0. The lowest BCUT2D eigenvalue weighted by Gasteiger charge is -2.75. The van der Waals surface area contributed by atoms with Crippen molar-refractivity contribution in [3.63, 3.8) is 0 Å². The lowest BCUT2D eigenvalue weighted by molar-refractivity contribution is -0.385. The smallest absolute Gasteiger partial charge is 0.273 e. The van der Waals surface area contributed by atoms with E-state index in [9.17, 15) is 23.3 Å². The molecule has 0 amide bonds. The molecule has 3 saturated carbocycles. The molecule has 2 aromatic heterocycles. The summed E-state index contributed by atoms with van der Waals surface area (Å²) in [6.07, 6.45) is 14.2. The first-order valence-corrected chi connectivity index (χ1v) is 24.3. The molecule has 62 heavy (non-hydrogen) atoms. The van der Waals surface area contributed by atoms with Gasteiger partial charge in [-0.05, 0) is 123 Å². The predicted octanol–water partition coefficient (Wildman–Crippen LogP) is 9.73. The summed E-state index contributed by atoms with van der Waals surface area (Å²) in [6.45, 7) is 15.5. The van der Waals surface area contributed by atoms with Gasteiger partial charge in [0, 0.05) is 80.9 Å². The van der Waals surface area contributed by atoms with Crippen LogP contribution in [0.4, 0.5) is 11.4 Å². The number of nitrogens with one attached hydrogen (secondary N) is 1. The molecular weight excluding hydrogens is 803 g/mol. The molecule has 1 N–H and O–H groups in total. The van der Waals surface area contributed by atoms with Crippen LogP contribution in [0.3, 0.4) is 0 Å². The fourth-order valence-electron chi connectivity index (χ4n) is 11.3. The highest BCUT2D eigenvalue weighted by atomic mass is 32.2. The normalized spacial score (nSPS) is 24.2. The van der Waals surface area contributed by atoms with Crippen LogP contribution < -0.4 is 9.64 Å². The van der Waals surface area contributed by atoms with Crippen LogP contribution >= 0.6 is 0 Å². The van der Waals surface area contributed by atoms with Crippen LogP contribution in [0.1, 0.15) is 101 Å². The van der Waals surface area contributed by atoms with Crippen molar-refractivity contribution >= 4 is 38.0 Å². The largest absolute Gasteiger partial charge is 0.455 e. The lowest BCUT2D eigenvalue weighted by Crippen LogP contribution is -2.65. The van der Waals surface area contributed by atoms with Gasteiger partial charge in [0.1, 0.15) is 22.9 Å². The molecule has 4 heterocycles. The van der Waals surface area contributed by atoms with E-state index in [1.54, 1.807) is 29.6 Å². The number of nitro benzene ring substituents is 1. The summed E-state index contributed by atoms with van der Waals surface area (Å²) in [6, 6.07) is 13.0. The first-order valence-electron chi connectivity index (χ1n) is 22.7. The van der Waals surface area contributed by atoms with E-state index in [2.05, 4.69) is 47.5 Å². The third-order valence-corrected chi connectivity index (χ3v) is 16.9. The van der Waals surface area contributed by atoms with Gasteiger partial charge in [-0.15, -0.1) is 0 Å². The van der Waals surface area contributed by atoms with Gasteiger partial charge in [0.25, 0.3) is 5.69 Å². The molecule has 2 saturated heterocycles. The van der Waals surface area contributed by atoms with Crippen molar-refractivity contribution in [1.29, 1.82) is 0 Å². The van der Waals surface area contributed by atoms with E-state index in [4.69, 9.17) is 9.47 Å². The number of aryl methyl sites for hydroxylation is 1. The maximum absolute atomic E-state index is 14.1. The Balaban J connectivity index is 0.918. The molecule has 2 bridgehead atoms. The Morgan fingerprint density at radius 2 is 1.79 bits per heavy atom. The van der Waals surface area contributed by atoms with Crippen LogP contribution in [0.25, 0.3) is 11.0 Å². The van der Waals surface area contributed by atoms with Gasteiger partial charge in [0.2, 0.25) is 0 Å². The number of carbonyl (C=O) groups excluding carboxylic acids is 1. The number of ketones is 1. The molecule has 0 radical (unpaired) electrons. The highest BCUT2D eigenvalue weighted by Crippen LogP contribution is 2.80. The number of rotatable bonds is 15. The highest BCUT2D eigenvalue weighted by Gasteiger charge is 2.70. The standard InChI is InChI=1S/C49H61N5O7S/c1-33(2)48-30-49(31-48,32-48)42-26-47(3,4)15-11-37(42)28-52-17-19-53(20-18-52)38-8-10-41(45(24-38)61-39-23-36-12-16-50-46(36)51-27-39)44(55)29-62(58,59)40-9-7-35(43(25-40)54(56)57)6-5-34-13-21-60-22-14-34/h7-10,12,16,23-25,27,33-34H,5-6,11,13-15,17-22,26,28-32H2,1-4H3,(H,50,51). The molecule has 2 aliphatic heterocycles. The van der Waals surface area contributed by atoms with Crippen LogP contribution in [0.2, 0.25) is 0 Å². The summed E-state index contributed by atoms with van der Waals surface area (Å²) in [5.41, 5.74) is 6.77. The molecule has 6 aliphatic rings. The van der Waals surface area contributed by atoms with Crippen molar-refractivity contribution in [2.75, 3.05) is 56.6 Å². The number of pyridine rings is 1. The van der Waals surface area contributed by atoms with Crippen LogP contribution in [0, 0.1) is 38.2 Å². The third kappa shape index (κ3) is 8.44. The second-order valence-corrected chi connectivity index (χ2v) is 22.2. The van der Waals surface area contributed by atoms with E-state index in [1.807, 2.05) is 24.3 Å². The molecule has 4 aliphatic carbocycles. The molecule has 0 spiro atoms. The number of allylic oxidation sites excluding steroid dienone is 1. The summed E-state index contributed by atoms with van der Waals surface area (Å²) in [5.74, 6) is 0.266. The van der Waals surface area contributed by atoms with Gasteiger partial charge in [-0.2, -0.15) is 0 Å². The first-order chi connectivity index (χ1) is 29.6. The maximum Gasteiger partial charge on any atom is 0.273 e. The number of carbonyl (C=O) groups is 1. The van der Waals surface area contributed by atoms with Gasteiger partial charge in [-0.25, -0.2) is 13.4 Å². The van der Waals surface area contributed by atoms with Crippen LogP contribution in [-0.4, -0.2) is 85.7 Å². The van der Waals surface area contributed by atoms with Crippen LogP contribution in [0.5, 0.6) is 11.5 Å². The van der Waals surface area contributed by atoms with Gasteiger partial charge in [0.15, 0.2) is 15.6 Å². The number of aromatic amines is 1.